The minimum Gasteiger partial charge on any atom is -0.496 e. The summed E-state index contributed by atoms with van der Waals surface area (Å²) in [5.41, 5.74) is 1.10. The van der Waals surface area contributed by atoms with Crippen molar-refractivity contribution in [3.63, 3.8) is 0 Å². The first-order valence-electron chi connectivity index (χ1n) is 8.86. The fourth-order valence-electron chi connectivity index (χ4n) is 3.38. The number of piperazine rings is 1. The molecule has 1 amide bonds. The van der Waals surface area contributed by atoms with Crippen molar-refractivity contribution in [2.75, 3.05) is 33.3 Å². The first-order valence-corrected chi connectivity index (χ1v) is 9.74. The second-order valence-corrected chi connectivity index (χ2v) is 7.40. The number of hydrogen-bond acceptors (Lipinski definition) is 4. The van der Waals surface area contributed by atoms with E-state index in [2.05, 4.69) is 29.3 Å². The highest BCUT2D eigenvalue weighted by Gasteiger charge is 2.25. The number of nitrogens with zero attached hydrogens (tertiary/aromatic N) is 2. The smallest absolute Gasteiger partial charge is 0.222 e. The maximum Gasteiger partial charge on any atom is 0.222 e. The molecule has 0 saturated carbocycles. The minimum absolute atomic E-state index is 0.245. The van der Waals surface area contributed by atoms with Crippen LogP contribution in [0.4, 0.5) is 0 Å². The lowest BCUT2D eigenvalue weighted by Gasteiger charge is -2.37. The lowest BCUT2D eigenvalue weighted by atomic mass is 10.1. The number of thiophene rings is 1. The monoisotopic (exact) mass is 358 g/mol. The van der Waals surface area contributed by atoms with Crippen LogP contribution in [0, 0.1) is 0 Å². The van der Waals surface area contributed by atoms with E-state index in [4.69, 9.17) is 4.74 Å². The molecule has 1 unspecified atom stereocenters. The predicted molar refractivity (Wildman–Crippen MR) is 102 cm³/mol. The summed E-state index contributed by atoms with van der Waals surface area (Å²) in [6, 6.07) is 12.7. The van der Waals surface area contributed by atoms with Crippen LogP contribution in [0.15, 0.2) is 41.8 Å². The van der Waals surface area contributed by atoms with Gasteiger partial charge in [-0.15, -0.1) is 11.3 Å². The number of para-hydroxylation sites is 1. The van der Waals surface area contributed by atoms with E-state index < -0.39 is 0 Å². The molecule has 0 radical (unpaired) electrons. The Labute approximate surface area is 154 Å². The Balaban J connectivity index is 1.48. The number of methoxy groups -OCH3 is 1. The average molecular weight is 359 g/mol. The van der Waals surface area contributed by atoms with Gasteiger partial charge in [0, 0.05) is 43.5 Å². The Hall–Kier alpha value is -1.85. The lowest BCUT2D eigenvalue weighted by Crippen LogP contribution is -2.49. The topological polar surface area (TPSA) is 32.8 Å². The molecule has 134 valence electrons. The summed E-state index contributed by atoms with van der Waals surface area (Å²) < 4.78 is 5.37. The molecular formula is C20H26N2O2S. The number of carbonyl (C=O) groups excluding carboxylic acids is 1. The number of hydrogen-bond donors (Lipinski definition) is 0. The molecule has 1 aliphatic heterocycles. The van der Waals surface area contributed by atoms with Crippen molar-refractivity contribution < 1.29 is 9.53 Å². The summed E-state index contributed by atoms with van der Waals surface area (Å²) in [5.74, 6) is 1.11. The van der Waals surface area contributed by atoms with Crippen molar-refractivity contribution in [3.8, 4) is 5.75 Å². The third-order valence-corrected chi connectivity index (χ3v) is 6.01. The number of ether oxygens (including phenoxy) is 1. The van der Waals surface area contributed by atoms with Gasteiger partial charge in [0.15, 0.2) is 0 Å². The maximum absolute atomic E-state index is 12.5. The van der Waals surface area contributed by atoms with E-state index >= 15 is 0 Å². The van der Waals surface area contributed by atoms with Gasteiger partial charge in [-0.25, -0.2) is 0 Å². The second-order valence-electron chi connectivity index (χ2n) is 6.42. The molecule has 1 saturated heterocycles. The molecule has 5 heteroatoms. The van der Waals surface area contributed by atoms with Crippen LogP contribution in [-0.2, 0) is 11.2 Å². The Kier molecular flexibility index (Phi) is 6.10. The van der Waals surface area contributed by atoms with Crippen LogP contribution in [0.25, 0.3) is 0 Å². The van der Waals surface area contributed by atoms with Crippen molar-refractivity contribution in [2.24, 2.45) is 0 Å². The molecule has 1 fully saturated rings. The van der Waals surface area contributed by atoms with Gasteiger partial charge in [0.25, 0.3) is 0 Å². The minimum atomic E-state index is 0.245. The van der Waals surface area contributed by atoms with Crippen molar-refractivity contribution in [1.29, 1.82) is 0 Å². The average Bonchev–Trinajstić information content (AvgIpc) is 3.20. The Bertz CT molecular complexity index is 679. The predicted octanol–water partition coefficient (Wildman–Crippen LogP) is 3.59. The molecule has 0 N–H and O–H groups in total. The van der Waals surface area contributed by atoms with Gasteiger partial charge in [0.1, 0.15) is 5.75 Å². The molecule has 4 nitrogen and oxygen atoms in total. The molecule has 0 spiro atoms. The van der Waals surface area contributed by atoms with Gasteiger partial charge in [0.05, 0.1) is 7.11 Å². The SMILES string of the molecule is COc1ccccc1CCC(=O)N1CCN(C(C)c2cccs2)CC1. The van der Waals surface area contributed by atoms with E-state index in [1.165, 1.54) is 4.88 Å². The Morgan fingerprint density at radius 1 is 1.16 bits per heavy atom. The zero-order valence-corrected chi connectivity index (χ0v) is 15.8. The largest absolute Gasteiger partial charge is 0.496 e. The summed E-state index contributed by atoms with van der Waals surface area (Å²) in [6.45, 7) is 5.78. The fraction of sp³-hybridized carbons (Fsp3) is 0.450. The molecule has 0 aliphatic carbocycles. The number of rotatable bonds is 6. The van der Waals surface area contributed by atoms with Gasteiger partial charge in [-0.3, -0.25) is 9.69 Å². The summed E-state index contributed by atoms with van der Waals surface area (Å²) in [7, 11) is 1.68. The van der Waals surface area contributed by atoms with Crippen LogP contribution in [0.1, 0.15) is 29.8 Å². The second kappa shape index (κ2) is 8.50. The van der Waals surface area contributed by atoms with Crippen LogP contribution in [0.3, 0.4) is 0 Å². The van der Waals surface area contributed by atoms with Crippen molar-refractivity contribution in [3.05, 3.63) is 52.2 Å². The zero-order valence-electron chi connectivity index (χ0n) is 15.0. The van der Waals surface area contributed by atoms with Crippen molar-refractivity contribution >= 4 is 17.2 Å². The van der Waals surface area contributed by atoms with E-state index in [-0.39, 0.29) is 5.91 Å². The third kappa shape index (κ3) is 4.41. The summed E-state index contributed by atoms with van der Waals surface area (Å²) in [4.78, 5) is 18.4. The molecule has 1 aliphatic rings. The lowest BCUT2D eigenvalue weighted by molar-refractivity contribution is -0.133. The summed E-state index contributed by atoms with van der Waals surface area (Å²) in [5, 5.41) is 2.13. The van der Waals surface area contributed by atoms with Gasteiger partial charge >= 0.3 is 0 Å². The number of aryl methyl sites for hydroxylation is 1. The van der Waals surface area contributed by atoms with E-state index in [0.29, 0.717) is 12.5 Å². The summed E-state index contributed by atoms with van der Waals surface area (Å²) >= 11 is 1.81. The normalized spacial score (nSPS) is 16.6. The van der Waals surface area contributed by atoms with Crippen LogP contribution in [0.2, 0.25) is 0 Å². The Morgan fingerprint density at radius 3 is 2.60 bits per heavy atom. The first kappa shape index (κ1) is 18.0. The molecule has 2 heterocycles. The Morgan fingerprint density at radius 2 is 1.92 bits per heavy atom. The third-order valence-electron chi connectivity index (χ3n) is 4.97. The first-order chi connectivity index (χ1) is 12.2. The van der Waals surface area contributed by atoms with Crippen LogP contribution < -0.4 is 4.74 Å². The standard InChI is InChI=1S/C20H26N2O2S/c1-16(19-8-5-15-25-19)21-11-13-22(14-12-21)20(23)10-9-17-6-3-4-7-18(17)24-2/h3-8,15-16H,9-14H2,1-2H3. The molecule has 0 bridgehead atoms. The van der Waals surface area contributed by atoms with Crippen LogP contribution in [-0.4, -0.2) is 49.0 Å². The molecule has 3 rings (SSSR count). The van der Waals surface area contributed by atoms with Gasteiger partial charge in [-0.1, -0.05) is 24.3 Å². The van der Waals surface area contributed by atoms with E-state index in [9.17, 15) is 4.79 Å². The number of benzene rings is 1. The summed E-state index contributed by atoms with van der Waals surface area (Å²) in [6.07, 6.45) is 1.27. The quantitative estimate of drug-likeness (QED) is 0.791. The number of carbonyl (C=O) groups is 1. The number of amides is 1. The highest BCUT2D eigenvalue weighted by Crippen LogP contribution is 2.25. The fourth-order valence-corrected chi connectivity index (χ4v) is 4.19. The van der Waals surface area contributed by atoms with Crippen molar-refractivity contribution in [2.45, 2.75) is 25.8 Å². The van der Waals surface area contributed by atoms with Gasteiger partial charge in [-0.2, -0.15) is 0 Å². The van der Waals surface area contributed by atoms with Gasteiger partial charge in [0.2, 0.25) is 5.91 Å². The van der Waals surface area contributed by atoms with E-state index in [0.717, 1.165) is 43.9 Å². The molecule has 25 heavy (non-hydrogen) atoms. The van der Waals surface area contributed by atoms with Gasteiger partial charge in [-0.05, 0) is 36.4 Å². The zero-order chi connectivity index (χ0) is 17.6. The van der Waals surface area contributed by atoms with Crippen LogP contribution >= 0.6 is 11.3 Å². The van der Waals surface area contributed by atoms with E-state index in [1.807, 2.05) is 29.2 Å². The van der Waals surface area contributed by atoms with Crippen LogP contribution in [0.5, 0.6) is 5.75 Å². The highest BCUT2D eigenvalue weighted by molar-refractivity contribution is 7.10. The maximum atomic E-state index is 12.5. The van der Waals surface area contributed by atoms with Gasteiger partial charge < -0.3 is 9.64 Å². The molecule has 1 aromatic carbocycles. The highest BCUT2D eigenvalue weighted by atomic mass is 32.1. The molecule has 1 aromatic heterocycles. The van der Waals surface area contributed by atoms with Crippen molar-refractivity contribution in [1.82, 2.24) is 9.80 Å². The molecule has 2 aromatic rings. The molecular weight excluding hydrogens is 332 g/mol. The van der Waals surface area contributed by atoms with E-state index in [1.54, 1.807) is 18.4 Å². The molecule has 1 atom stereocenters.